The monoisotopic (exact) mass is 570 g/mol. The van der Waals surface area contributed by atoms with Gasteiger partial charge in [0.25, 0.3) is 11.6 Å². The van der Waals surface area contributed by atoms with Crippen LogP contribution in [0.2, 0.25) is 0 Å². The van der Waals surface area contributed by atoms with E-state index in [4.69, 9.17) is 5.11 Å². The molecule has 0 saturated heterocycles. The molecular formula is C32H34N4O6. The Bertz CT molecular complexity index is 1480. The second-order valence-electron chi connectivity index (χ2n) is 10.1. The van der Waals surface area contributed by atoms with Gasteiger partial charge in [-0.15, -0.1) is 0 Å². The lowest BCUT2D eigenvalue weighted by Crippen LogP contribution is -2.34. The highest BCUT2D eigenvalue weighted by atomic mass is 16.6. The van der Waals surface area contributed by atoms with Crippen molar-refractivity contribution >= 4 is 40.5 Å². The van der Waals surface area contributed by atoms with E-state index in [2.05, 4.69) is 16.7 Å². The second-order valence-corrected chi connectivity index (χ2v) is 10.1. The van der Waals surface area contributed by atoms with Gasteiger partial charge in [0, 0.05) is 35.1 Å². The molecule has 0 spiro atoms. The number of benzene rings is 3. The van der Waals surface area contributed by atoms with Crippen molar-refractivity contribution in [3.05, 3.63) is 105 Å². The average molecular weight is 571 g/mol. The second kappa shape index (κ2) is 14.1. The summed E-state index contributed by atoms with van der Waals surface area (Å²) in [6.45, 7) is 2.03. The van der Waals surface area contributed by atoms with E-state index in [1.165, 1.54) is 18.1 Å². The van der Waals surface area contributed by atoms with Crippen LogP contribution in [0.4, 0.5) is 21.9 Å². The molecule has 218 valence electrons. The fraction of sp³-hybridized carbons (Fsp3) is 0.281. The van der Waals surface area contributed by atoms with Gasteiger partial charge in [0.05, 0.1) is 17.9 Å². The third-order valence-electron chi connectivity index (χ3n) is 7.18. The van der Waals surface area contributed by atoms with Crippen molar-refractivity contribution in [2.75, 3.05) is 16.8 Å². The van der Waals surface area contributed by atoms with Crippen molar-refractivity contribution in [1.82, 2.24) is 5.32 Å². The van der Waals surface area contributed by atoms with Crippen LogP contribution < -0.4 is 15.5 Å². The molecule has 1 aliphatic rings. The normalized spacial score (nSPS) is 12.6. The number of hydrogen-bond acceptors (Lipinski definition) is 5. The number of carboxylic acids is 1. The first-order valence-corrected chi connectivity index (χ1v) is 14.0. The van der Waals surface area contributed by atoms with E-state index in [0.717, 1.165) is 30.4 Å². The Kier molecular flexibility index (Phi) is 10.0. The molecule has 0 atom stereocenters. The van der Waals surface area contributed by atoms with Gasteiger partial charge in [-0.3, -0.25) is 24.6 Å². The lowest BCUT2D eigenvalue weighted by atomic mass is 9.93. The molecule has 3 amide bonds. The number of carbonyl (C=O) groups is 3. The molecule has 0 radical (unpaired) electrons. The Morgan fingerprint density at radius 1 is 1.00 bits per heavy atom. The maximum Gasteiger partial charge on any atom is 0.326 e. The van der Waals surface area contributed by atoms with Crippen LogP contribution in [0.3, 0.4) is 0 Å². The molecule has 0 saturated carbocycles. The first-order valence-electron chi connectivity index (χ1n) is 14.0. The number of hydrogen-bond donors (Lipinski definition) is 3. The van der Waals surface area contributed by atoms with Crippen molar-refractivity contribution < 1.29 is 24.4 Å². The average Bonchev–Trinajstić information content (AvgIpc) is 3.00. The van der Waals surface area contributed by atoms with Crippen LogP contribution in [0.25, 0.3) is 5.57 Å². The number of nitrogens with one attached hydrogen (secondary N) is 2. The highest BCUT2D eigenvalue weighted by Crippen LogP contribution is 2.29. The molecule has 10 nitrogen and oxygen atoms in total. The van der Waals surface area contributed by atoms with Gasteiger partial charge < -0.3 is 15.7 Å². The van der Waals surface area contributed by atoms with Crippen LogP contribution >= 0.6 is 0 Å². The molecule has 1 aliphatic carbocycles. The molecule has 42 heavy (non-hydrogen) atoms. The fourth-order valence-corrected chi connectivity index (χ4v) is 4.87. The number of anilines is 2. The summed E-state index contributed by atoms with van der Waals surface area (Å²) in [5.41, 5.74) is 5.01. The van der Waals surface area contributed by atoms with E-state index in [9.17, 15) is 24.5 Å². The Hall–Kier alpha value is -4.99. The van der Waals surface area contributed by atoms with Crippen LogP contribution in [0.1, 0.15) is 66.1 Å². The summed E-state index contributed by atoms with van der Waals surface area (Å²) in [6, 6.07) is 18.7. The molecule has 4 rings (SSSR count). The molecule has 0 aromatic heterocycles. The zero-order valence-corrected chi connectivity index (χ0v) is 23.5. The van der Waals surface area contributed by atoms with Crippen LogP contribution in [0.5, 0.6) is 0 Å². The molecule has 0 fully saturated rings. The molecule has 0 unspecified atom stereocenters. The molecule has 3 aromatic rings. The van der Waals surface area contributed by atoms with Gasteiger partial charge in [0.1, 0.15) is 0 Å². The Labute approximate surface area is 244 Å². The summed E-state index contributed by atoms with van der Waals surface area (Å²) < 4.78 is 0. The first kappa shape index (κ1) is 30.0. The number of carboxylic acid groups (broad SMARTS) is 1. The number of nitrogens with zero attached hydrogens (tertiary/aromatic N) is 2. The molecule has 3 aromatic carbocycles. The van der Waals surface area contributed by atoms with Crippen molar-refractivity contribution in [2.24, 2.45) is 0 Å². The number of nitro benzene ring substituents is 1. The summed E-state index contributed by atoms with van der Waals surface area (Å²) in [6.07, 6.45) is 7.00. The summed E-state index contributed by atoms with van der Waals surface area (Å²) >= 11 is 0. The lowest BCUT2D eigenvalue weighted by Gasteiger charge is -2.24. The summed E-state index contributed by atoms with van der Waals surface area (Å²) in [5.74, 6) is -1.38. The molecular weight excluding hydrogens is 536 g/mol. The molecule has 3 N–H and O–H groups in total. The van der Waals surface area contributed by atoms with Crippen LogP contribution in [-0.4, -0.2) is 34.5 Å². The van der Waals surface area contributed by atoms with Crippen LogP contribution in [0.15, 0.2) is 72.8 Å². The number of allylic oxidation sites excluding steroid dienone is 2. The van der Waals surface area contributed by atoms with Crippen LogP contribution in [-0.2, 0) is 17.8 Å². The number of aliphatic carboxylic acids is 1. The summed E-state index contributed by atoms with van der Waals surface area (Å²) in [4.78, 5) is 49.3. The van der Waals surface area contributed by atoms with E-state index in [0.29, 0.717) is 28.9 Å². The zero-order chi connectivity index (χ0) is 30.1. The number of carbonyl (C=O) groups excluding carboxylic acids is 2. The van der Waals surface area contributed by atoms with E-state index < -0.39 is 16.9 Å². The standard InChI is InChI=1S/C32H34N4O6/c1-2-23-12-15-27(20-29(23)36(41)42)34-32(40)35(28-16-13-25(14-17-28)24-6-4-3-5-7-24)21-22-8-10-26(11-9-22)31(39)33-19-18-30(37)38/h6,8-17,20H,2-5,7,18-19,21H2,1H3,(H,33,39)(H,34,40)(H,37,38). The predicted octanol–water partition coefficient (Wildman–Crippen LogP) is 6.56. The highest BCUT2D eigenvalue weighted by Gasteiger charge is 2.20. The number of amides is 3. The maximum absolute atomic E-state index is 13.6. The minimum Gasteiger partial charge on any atom is -0.481 e. The number of aryl methyl sites for hydroxylation is 1. The number of nitro groups is 1. The quantitative estimate of drug-likeness (QED) is 0.176. The number of rotatable bonds is 11. The van der Waals surface area contributed by atoms with Gasteiger partial charge in [-0.05, 0) is 79.1 Å². The van der Waals surface area contributed by atoms with Gasteiger partial charge in [-0.2, -0.15) is 0 Å². The predicted molar refractivity (Wildman–Crippen MR) is 162 cm³/mol. The largest absolute Gasteiger partial charge is 0.481 e. The lowest BCUT2D eigenvalue weighted by molar-refractivity contribution is -0.385. The topological polar surface area (TPSA) is 142 Å². The zero-order valence-electron chi connectivity index (χ0n) is 23.5. The first-order chi connectivity index (χ1) is 20.2. The maximum atomic E-state index is 13.6. The third kappa shape index (κ3) is 7.81. The molecule has 10 heteroatoms. The van der Waals surface area contributed by atoms with Gasteiger partial charge in [-0.25, -0.2) is 4.79 Å². The summed E-state index contributed by atoms with van der Waals surface area (Å²) in [5, 5.41) is 25.7. The Balaban J connectivity index is 1.57. The van der Waals surface area contributed by atoms with Gasteiger partial charge in [0.2, 0.25) is 0 Å². The SMILES string of the molecule is CCc1ccc(NC(=O)N(Cc2ccc(C(=O)NCCC(=O)O)cc2)c2ccc(C3=CCCCC3)cc2)cc1[N+](=O)[O-]. The smallest absolute Gasteiger partial charge is 0.326 e. The van der Waals surface area contributed by atoms with E-state index >= 15 is 0 Å². The Morgan fingerprint density at radius 3 is 2.36 bits per heavy atom. The van der Waals surface area contributed by atoms with Gasteiger partial charge in [-0.1, -0.05) is 43.3 Å². The third-order valence-corrected chi connectivity index (χ3v) is 7.18. The Morgan fingerprint density at radius 2 is 1.74 bits per heavy atom. The molecule has 0 bridgehead atoms. The fourth-order valence-electron chi connectivity index (χ4n) is 4.87. The number of urea groups is 1. The van der Waals surface area contributed by atoms with E-state index in [1.807, 2.05) is 31.2 Å². The molecule has 0 heterocycles. The van der Waals surface area contributed by atoms with E-state index in [1.54, 1.807) is 41.3 Å². The van der Waals surface area contributed by atoms with Gasteiger partial charge in [0.15, 0.2) is 0 Å². The van der Waals surface area contributed by atoms with Crippen LogP contribution in [0, 0.1) is 10.1 Å². The minimum atomic E-state index is -0.997. The van der Waals surface area contributed by atoms with Crippen molar-refractivity contribution in [2.45, 2.75) is 52.0 Å². The molecule has 0 aliphatic heterocycles. The highest BCUT2D eigenvalue weighted by molar-refractivity contribution is 6.02. The van der Waals surface area contributed by atoms with Crippen molar-refractivity contribution in [3.8, 4) is 0 Å². The summed E-state index contributed by atoms with van der Waals surface area (Å²) in [7, 11) is 0. The van der Waals surface area contributed by atoms with Crippen molar-refractivity contribution in [3.63, 3.8) is 0 Å². The minimum absolute atomic E-state index is 0.0220. The van der Waals surface area contributed by atoms with E-state index in [-0.39, 0.29) is 31.1 Å². The van der Waals surface area contributed by atoms with Crippen molar-refractivity contribution in [1.29, 1.82) is 0 Å². The van der Waals surface area contributed by atoms with Gasteiger partial charge >= 0.3 is 12.0 Å².